The van der Waals surface area contributed by atoms with Gasteiger partial charge < -0.3 is 103 Å². The normalized spacial score (nSPS) is 18.0. The third-order valence-corrected chi connectivity index (χ3v) is 12.7. The average molecular weight is 1220 g/mol. The largest absolute Gasteiger partial charge is 0.479 e. The number of aromatic nitrogens is 3. The van der Waals surface area contributed by atoms with Gasteiger partial charge in [0.2, 0.25) is 17.7 Å². The van der Waals surface area contributed by atoms with Crippen molar-refractivity contribution in [3.05, 3.63) is 41.2 Å². The van der Waals surface area contributed by atoms with Crippen LogP contribution in [-0.4, -0.2) is 267 Å². The summed E-state index contributed by atoms with van der Waals surface area (Å²) in [7, 11) is 1.63. The van der Waals surface area contributed by atoms with Crippen LogP contribution in [0.1, 0.15) is 70.2 Å². The first-order valence-electron chi connectivity index (χ1n) is 28.8. The van der Waals surface area contributed by atoms with Crippen molar-refractivity contribution in [2.24, 2.45) is 5.92 Å². The number of carbonyl (C=O) groups excluding carboxylic acids is 4. The molecule has 7 N–H and O–H groups in total. The van der Waals surface area contributed by atoms with E-state index in [1.54, 1.807) is 50.0 Å². The van der Waals surface area contributed by atoms with Crippen molar-refractivity contribution < 1.29 is 111 Å². The number of esters is 1. The van der Waals surface area contributed by atoms with E-state index in [0.29, 0.717) is 181 Å². The molecule has 29 nitrogen and oxygen atoms in total. The lowest BCUT2D eigenvalue weighted by molar-refractivity contribution is -0.228. The smallest absolute Gasteiger partial charge is 0.335 e. The molecule has 486 valence electrons. The van der Waals surface area contributed by atoms with E-state index in [1.165, 1.54) is 13.8 Å². The third-order valence-electron chi connectivity index (χ3n) is 12.7. The van der Waals surface area contributed by atoms with Gasteiger partial charge in [0.1, 0.15) is 37.0 Å². The molecule has 8 atom stereocenters. The molecule has 1 aromatic carbocycles. The van der Waals surface area contributed by atoms with Crippen LogP contribution in [0.15, 0.2) is 24.4 Å². The van der Waals surface area contributed by atoms with Crippen LogP contribution in [0.25, 0.3) is 0 Å². The highest BCUT2D eigenvalue weighted by Gasteiger charge is 2.46. The molecule has 1 fully saturated rings. The lowest BCUT2D eigenvalue weighted by Gasteiger charge is -2.39. The number of ether oxygens (including phenoxy) is 14. The summed E-state index contributed by atoms with van der Waals surface area (Å²) in [5.74, 6) is -4.32. The summed E-state index contributed by atoms with van der Waals surface area (Å²) in [5, 5.41) is 56.9. The van der Waals surface area contributed by atoms with E-state index in [4.69, 9.17) is 66.3 Å². The van der Waals surface area contributed by atoms with Gasteiger partial charge >= 0.3 is 11.9 Å². The Kier molecular flexibility index (Phi) is 39.7. The van der Waals surface area contributed by atoms with E-state index >= 15 is 0 Å². The number of aliphatic hydroxyl groups is 3. The molecule has 0 spiro atoms. The molecular formula is C56H94N6O23. The zero-order valence-electron chi connectivity index (χ0n) is 50.2. The zero-order valence-corrected chi connectivity index (χ0v) is 50.2. The van der Waals surface area contributed by atoms with Gasteiger partial charge in [-0.25, -0.2) is 9.48 Å². The molecule has 3 rings (SSSR count). The predicted molar refractivity (Wildman–Crippen MR) is 301 cm³/mol. The monoisotopic (exact) mass is 1220 g/mol. The SMILES string of the molecule is COCCOCCOCCOCCOCCOCCOCCOCCOCCOCCOCCOCCn1cc([C@H](C)CC(=O)N[C@H](C(=O)N[C@@H](C)C(=O)Nc2ccc(COC(C)=O)c(CC[C@@H]3O[C@H](C(=O)O)[C@@H](O)[C@H](O)[C@H]3O)c2)C(C)C)nn1. The summed E-state index contributed by atoms with van der Waals surface area (Å²) in [4.78, 5) is 63.3. The van der Waals surface area contributed by atoms with Crippen molar-refractivity contribution in [1.82, 2.24) is 25.6 Å². The van der Waals surface area contributed by atoms with Gasteiger partial charge in [-0.1, -0.05) is 32.1 Å². The topological polar surface area (TPSA) is 362 Å². The second-order valence-electron chi connectivity index (χ2n) is 20.0. The number of hydrogen-bond acceptors (Lipinski definition) is 24. The number of methoxy groups -OCH3 is 1. The highest BCUT2D eigenvalue weighted by Crippen LogP contribution is 2.27. The Balaban J connectivity index is 1.19. The number of nitrogens with one attached hydrogen (secondary N) is 3. The Bertz CT molecular complexity index is 2140. The minimum absolute atomic E-state index is 0.00732. The number of rotatable bonds is 51. The minimum Gasteiger partial charge on any atom is -0.479 e. The standard InChI is InChI=1S/C56H94N6O23/c1-39(2)49(55(69)57-41(4)54(68)58-45-9-7-44(38-84-42(5)63)43(36-45)8-10-47-50(65)51(66)52(67)53(85-47)56(70)71)59-48(64)35-40(3)46-37-62(61-60-46)11-12-73-15-16-75-19-20-77-23-24-79-27-28-81-31-32-83-34-33-82-30-29-80-26-25-78-22-21-76-18-17-74-14-13-72-6/h7,9,36-37,39-41,47,49-53,65-67H,8,10-35,38H2,1-6H3,(H,57,69)(H,58,68)(H,59,64)(H,70,71)/t40-,41+,47+,49+,50+,51-,52+,53+/m1/s1. The van der Waals surface area contributed by atoms with Crippen molar-refractivity contribution in [2.75, 3.05) is 164 Å². The second kappa shape index (κ2) is 45.4. The van der Waals surface area contributed by atoms with Crippen LogP contribution in [0, 0.1) is 5.92 Å². The van der Waals surface area contributed by atoms with Crippen molar-refractivity contribution in [3.63, 3.8) is 0 Å². The minimum atomic E-state index is -1.84. The molecule has 0 unspecified atom stereocenters. The van der Waals surface area contributed by atoms with Crippen LogP contribution in [-0.2, 0) is 110 Å². The summed E-state index contributed by atoms with van der Waals surface area (Å²) in [6.07, 6.45) is -6.33. The molecule has 0 radical (unpaired) electrons. The van der Waals surface area contributed by atoms with Crippen LogP contribution in [0.3, 0.4) is 0 Å². The fraction of sp³-hybridized carbons (Fsp3) is 0.768. The molecule has 0 bridgehead atoms. The fourth-order valence-electron chi connectivity index (χ4n) is 7.97. The number of aryl methyl sites for hydroxylation is 1. The Morgan fingerprint density at radius 2 is 1.08 bits per heavy atom. The van der Waals surface area contributed by atoms with Crippen LogP contribution in [0.4, 0.5) is 5.69 Å². The summed E-state index contributed by atoms with van der Waals surface area (Å²) >= 11 is 0. The molecule has 1 aromatic heterocycles. The van der Waals surface area contributed by atoms with Crippen LogP contribution in [0.5, 0.6) is 0 Å². The van der Waals surface area contributed by atoms with Crippen molar-refractivity contribution in [2.45, 2.75) is 116 Å². The van der Waals surface area contributed by atoms with Crippen LogP contribution in [0.2, 0.25) is 0 Å². The molecule has 1 aliphatic rings. The summed E-state index contributed by atoms with van der Waals surface area (Å²) < 4.78 is 77.6. The molecule has 1 aliphatic heterocycles. The molecule has 85 heavy (non-hydrogen) atoms. The van der Waals surface area contributed by atoms with Crippen LogP contribution >= 0.6 is 0 Å². The Hall–Kier alpha value is -4.93. The molecule has 2 heterocycles. The number of amides is 3. The highest BCUT2D eigenvalue weighted by atomic mass is 16.6. The molecule has 1 saturated heterocycles. The van der Waals surface area contributed by atoms with Crippen molar-refractivity contribution in [1.29, 1.82) is 0 Å². The lowest BCUT2D eigenvalue weighted by atomic mass is 9.91. The predicted octanol–water partition coefficient (Wildman–Crippen LogP) is -0.185. The van der Waals surface area contributed by atoms with Gasteiger partial charge in [-0.15, -0.1) is 5.10 Å². The number of nitrogens with zero attached hydrogens (tertiary/aromatic N) is 3. The van der Waals surface area contributed by atoms with E-state index in [-0.39, 0.29) is 37.7 Å². The summed E-state index contributed by atoms with van der Waals surface area (Å²) in [6.45, 7) is 19.0. The van der Waals surface area contributed by atoms with Crippen LogP contribution < -0.4 is 16.0 Å². The number of carboxylic acid groups (broad SMARTS) is 1. The number of carboxylic acids is 1. The zero-order chi connectivity index (χ0) is 62.0. The maximum atomic E-state index is 13.5. The van der Waals surface area contributed by atoms with Gasteiger partial charge in [-0.2, -0.15) is 0 Å². The van der Waals surface area contributed by atoms with E-state index in [9.17, 15) is 44.4 Å². The first-order valence-corrected chi connectivity index (χ1v) is 28.8. The van der Waals surface area contributed by atoms with Gasteiger partial charge in [-0.3, -0.25) is 19.2 Å². The number of hydrogen-bond donors (Lipinski definition) is 7. The average Bonchev–Trinajstić information content (AvgIpc) is 4.15. The Labute approximate surface area is 497 Å². The van der Waals surface area contributed by atoms with Crippen molar-refractivity contribution in [3.8, 4) is 0 Å². The van der Waals surface area contributed by atoms with Crippen molar-refractivity contribution >= 4 is 35.3 Å². The van der Waals surface area contributed by atoms with E-state index < -0.39 is 72.3 Å². The quantitative estimate of drug-likeness (QED) is 0.0334. The number of benzene rings is 1. The number of carbonyl (C=O) groups is 5. The molecule has 29 heteroatoms. The first-order chi connectivity index (χ1) is 41.0. The number of aliphatic hydroxyl groups excluding tert-OH is 3. The van der Waals surface area contributed by atoms with Gasteiger partial charge in [-0.05, 0) is 48.9 Å². The van der Waals surface area contributed by atoms with E-state index in [1.807, 2.05) is 6.92 Å². The third kappa shape index (κ3) is 32.6. The Morgan fingerprint density at radius 3 is 1.53 bits per heavy atom. The highest BCUT2D eigenvalue weighted by molar-refractivity contribution is 5.98. The Morgan fingerprint density at radius 1 is 0.612 bits per heavy atom. The summed E-state index contributed by atoms with van der Waals surface area (Å²) in [5.41, 5.74) is 1.95. The number of aliphatic carboxylic acids is 1. The maximum Gasteiger partial charge on any atom is 0.335 e. The van der Waals surface area contributed by atoms with Gasteiger partial charge in [0.05, 0.1) is 170 Å². The van der Waals surface area contributed by atoms with E-state index in [0.717, 1.165) is 0 Å². The lowest BCUT2D eigenvalue weighted by Crippen LogP contribution is -2.59. The molecule has 0 saturated carbocycles. The van der Waals surface area contributed by atoms with E-state index in [2.05, 4.69) is 26.3 Å². The molecule has 2 aromatic rings. The van der Waals surface area contributed by atoms with Gasteiger partial charge in [0.15, 0.2) is 6.10 Å². The molecule has 3 amide bonds. The van der Waals surface area contributed by atoms with Gasteiger partial charge in [0, 0.05) is 38.3 Å². The second-order valence-corrected chi connectivity index (χ2v) is 20.0. The number of anilines is 1. The molecular weight excluding hydrogens is 1120 g/mol. The van der Waals surface area contributed by atoms with Gasteiger partial charge in [0.25, 0.3) is 0 Å². The maximum absolute atomic E-state index is 13.5. The first kappa shape index (κ1) is 74.3. The molecule has 0 aliphatic carbocycles. The fourth-order valence-corrected chi connectivity index (χ4v) is 7.97. The summed E-state index contributed by atoms with van der Waals surface area (Å²) in [6, 6.07) is 2.72.